The molecule has 0 fully saturated rings. The van der Waals surface area contributed by atoms with E-state index in [1.54, 1.807) is 32.0 Å². The van der Waals surface area contributed by atoms with E-state index in [0.29, 0.717) is 5.56 Å². The minimum absolute atomic E-state index is 0.0517. The van der Waals surface area contributed by atoms with Gasteiger partial charge in [0.1, 0.15) is 16.7 Å². The van der Waals surface area contributed by atoms with Crippen LogP contribution in [0.5, 0.6) is 0 Å². The molecule has 5 nitrogen and oxygen atoms in total. The van der Waals surface area contributed by atoms with Crippen LogP contribution < -0.4 is 0 Å². The van der Waals surface area contributed by atoms with Crippen molar-refractivity contribution in [1.29, 1.82) is 0 Å². The Morgan fingerprint density at radius 3 is 2.48 bits per heavy atom. The Kier molecular flexibility index (Phi) is 6.54. The SMILES string of the molecule is CC1(C)OC(C[C@@H](CCO)c2ccccc2F)=NS(=O)(=O)C1Cc1cccc2ccccc12. The van der Waals surface area contributed by atoms with Gasteiger partial charge in [0.2, 0.25) is 5.90 Å². The molecule has 0 spiro atoms. The third-order valence-electron chi connectivity index (χ3n) is 6.27. The smallest absolute Gasteiger partial charge is 0.263 e. The highest BCUT2D eigenvalue weighted by atomic mass is 32.2. The zero-order chi connectivity index (χ0) is 23.6. The number of benzene rings is 3. The molecule has 2 atom stereocenters. The number of fused-ring (bicyclic) bond motifs is 1. The Bertz CT molecular complexity index is 1280. The fourth-order valence-electron chi connectivity index (χ4n) is 4.59. The summed E-state index contributed by atoms with van der Waals surface area (Å²) in [5.41, 5.74) is 0.290. The highest BCUT2D eigenvalue weighted by molar-refractivity contribution is 7.91. The van der Waals surface area contributed by atoms with Crippen LogP contribution in [-0.2, 0) is 21.2 Å². The van der Waals surface area contributed by atoms with Crippen LogP contribution in [-0.4, -0.2) is 36.9 Å². The van der Waals surface area contributed by atoms with Crippen LogP contribution in [0.3, 0.4) is 0 Å². The number of rotatable bonds is 7. The van der Waals surface area contributed by atoms with E-state index in [0.717, 1.165) is 16.3 Å². The topological polar surface area (TPSA) is 76.0 Å². The summed E-state index contributed by atoms with van der Waals surface area (Å²) in [5, 5.41) is 10.7. The van der Waals surface area contributed by atoms with Crippen LogP contribution in [0.15, 0.2) is 71.1 Å². The quantitative estimate of drug-likeness (QED) is 0.529. The van der Waals surface area contributed by atoms with Crippen molar-refractivity contribution in [3.05, 3.63) is 83.7 Å². The van der Waals surface area contributed by atoms with Gasteiger partial charge in [-0.3, -0.25) is 0 Å². The molecular formula is C26H28FNO4S. The molecule has 4 rings (SSSR count). The molecule has 0 aliphatic carbocycles. The predicted octanol–water partition coefficient (Wildman–Crippen LogP) is 4.98. The second-order valence-electron chi connectivity index (χ2n) is 8.97. The van der Waals surface area contributed by atoms with E-state index in [1.807, 2.05) is 42.5 Å². The third kappa shape index (κ3) is 4.94. The molecule has 7 heteroatoms. The Hall–Kier alpha value is -2.77. The Balaban J connectivity index is 1.65. The molecule has 0 amide bonds. The minimum Gasteiger partial charge on any atom is -0.473 e. The van der Waals surface area contributed by atoms with Crippen molar-refractivity contribution in [2.75, 3.05) is 6.61 Å². The highest BCUT2D eigenvalue weighted by Gasteiger charge is 2.46. The molecule has 1 aliphatic rings. The summed E-state index contributed by atoms with van der Waals surface area (Å²) in [4.78, 5) is 0. The van der Waals surface area contributed by atoms with E-state index in [-0.39, 0.29) is 31.8 Å². The fraction of sp³-hybridized carbons (Fsp3) is 0.346. The lowest BCUT2D eigenvalue weighted by atomic mass is 9.91. The van der Waals surface area contributed by atoms with Crippen molar-refractivity contribution < 1.29 is 22.7 Å². The molecule has 1 heterocycles. The molecule has 3 aromatic carbocycles. The lowest BCUT2D eigenvalue weighted by Crippen LogP contribution is -2.50. The summed E-state index contributed by atoms with van der Waals surface area (Å²) in [7, 11) is -3.89. The van der Waals surface area contributed by atoms with E-state index >= 15 is 0 Å². The molecule has 0 saturated heterocycles. The van der Waals surface area contributed by atoms with Gasteiger partial charge in [0.15, 0.2) is 0 Å². The average molecular weight is 470 g/mol. The zero-order valence-corrected chi connectivity index (χ0v) is 19.6. The molecule has 174 valence electrons. The minimum atomic E-state index is -3.89. The molecule has 1 unspecified atom stereocenters. The third-order valence-corrected chi connectivity index (χ3v) is 8.19. The number of sulfonamides is 1. The Morgan fingerprint density at radius 2 is 1.76 bits per heavy atom. The van der Waals surface area contributed by atoms with Crippen molar-refractivity contribution in [1.82, 2.24) is 0 Å². The lowest BCUT2D eigenvalue weighted by Gasteiger charge is -2.38. The number of hydrogen-bond donors (Lipinski definition) is 1. The number of aliphatic hydroxyl groups is 1. The van der Waals surface area contributed by atoms with Gasteiger partial charge < -0.3 is 9.84 Å². The Labute approximate surface area is 194 Å². The first-order valence-corrected chi connectivity index (χ1v) is 12.5. The van der Waals surface area contributed by atoms with Gasteiger partial charge >= 0.3 is 0 Å². The van der Waals surface area contributed by atoms with Gasteiger partial charge in [-0.1, -0.05) is 60.7 Å². The maximum Gasteiger partial charge on any atom is 0.263 e. The monoisotopic (exact) mass is 469 g/mol. The van der Waals surface area contributed by atoms with Crippen LogP contribution in [0.25, 0.3) is 10.8 Å². The number of aliphatic hydroxyl groups excluding tert-OH is 1. The van der Waals surface area contributed by atoms with E-state index in [2.05, 4.69) is 4.40 Å². The Morgan fingerprint density at radius 1 is 1.06 bits per heavy atom. The van der Waals surface area contributed by atoms with Gasteiger partial charge in [0, 0.05) is 13.0 Å². The van der Waals surface area contributed by atoms with Crippen LogP contribution in [0.2, 0.25) is 0 Å². The molecule has 0 bridgehead atoms. The molecule has 33 heavy (non-hydrogen) atoms. The second kappa shape index (κ2) is 9.23. The number of halogens is 1. The summed E-state index contributed by atoms with van der Waals surface area (Å²) < 4.78 is 51.1. The van der Waals surface area contributed by atoms with Crippen molar-refractivity contribution in [2.45, 2.75) is 49.9 Å². The van der Waals surface area contributed by atoms with Crippen LogP contribution in [0.1, 0.15) is 43.7 Å². The van der Waals surface area contributed by atoms with Gasteiger partial charge in [-0.05, 0) is 60.6 Å². The van der Waals surface area contributed by atoms with Gasteiger partial charge in [-0.25, -0.2) is 12.8 Å². The van der Waals surface area contributed by atoms with Crippen molar-refractivity contribution in [3.63, 3.8) is 0 Å². The summed E-state index contributed by atoms with van der Waals surface area (Å²) in [5.74, 6) is -0.797. The van der Waals surface area contributed by atoms with Crippen molar-refractivity contribution in [2.24, 2.45) is 4.40 Å². The zero-order valence-electron chi connectivity index (χ0n) is 18.7. The predicted molar refractivity (Wildman–Crippen MR) is 128 cm³/mol. The maximum atomic E-state index is 14.4. The summed E-state index contributed by atoms with van der Waals surface area (Å²) in [6.45, 7) is 3.34. The summed E-state index contributed by atoms with van der Waals surface area (Å²) in [6, 6.07) is 20.0. The fourth-order valence-corrected chi connectivity index (χ4v) is 6.27. The largest absolute Gasteiger partial charge is 0.473 e. The normalized spacial score (nSPS) is 20.1. The molecule has 0 aromatic heterocycles. The summed E-state index contributed by atoms with van der Waals surface area (Å²) >= 11 is 0. The van der Waals surface area contributed by atoms with Gasteiger partial charge in [0.05, 0.1) is 0 Å². The van der Waals surface area contributed by atoms with E-state index in [4.69, 9.17) is 4.74 Å². The standard InChI is InChI=1S/C26H28FNO4S/c1-26(2)24(16-19-10-7-9-18-8-3-4-11-21(18)19)33(30,31)28-25(32-26)17-20(14-15-29)22-12-5-6-13-23(22)27/h3-13,20,24,29H,14-17H2,1-2H3/t20-,24?/m1/s1. The summed E-state index contributed by atoms with van der Waals surface area (Å²) in [6.07, 6.45) is 0.620. The molecular weight excluding hydrogens is 441 g/mol. The maximum absolute atomic E-state index is 14.4. The van der Waals surface area contributed by atoms with Gasteiger partial charge in [-0.15, -0.1) is 4.40 Å². The van der Waals surface area contributed by atoms with Crippen LogP contribution in [0.4, 0.5) is 4.39 Å². The second-order valence-corrected chi connectivity index (χ2v) is 10.8. The van der Waals surface area contributed by atoms with E-state index < -0.39 is 32.6 Å². The number of nitrogens with zero attached hydrogens (tertiary/aromatic N) is 1. The van der Waals surface area contributed by atoms with Crippen LogP contribution >= 0.6 is 0 Å². The first-order valence-electron chi connectivity index (χ1n) is 11.0. The van der Waals surface area contributed by atoms with E-state index in [1.165, 1.54) is 6.07 Å². The van der Waals surface area contributed by atoms with Crippen LogP contribution in [0, 0.1) is 5.82 Å². The number of hydrogen-bond acceptors (Lipinski definition) is 4. The molecule has 3 aromatic rings. The molecule has 1 N–H and O–H groups in total. The van der Waals surface area contributed by atoms with Crippen molar-refractivity contribution >= 4 is 26.7 Å². The first kappa shape index (κ1) is 23.4. The van der Waals surface area contributed by atoms with Gasteiger partial charge in [-0.2, -0.15) is 0 Å². The average Bonchev–Trinajstić information content (AvgIpc) is 2.76. The molecule has 0 radical (unpaired) electrons. The molecule has 1 aliphatic heterocycles. The van der Waals surface area contributed by atoms with E-state index in [9.17, 15) is 17.9 Å². The highest BCUT2D eigenvalue weighted by Crippen LogP contribution is 2.35. The molecule has 0 saturated carbocycles. The van der Waals surface area contributed by atoms with Crippen molar-refractivity contribution in [3.8, 4) is 0 Å². The lowest BCUT2D eigenvalue weighted by molar-refractivity contribution is 0.0798. The first-order chi connectivity index (χ1) is 15.7. The van der Waals surface area contributed by atoms with Gasteiger partial charge in [0.25, 0.3) is 10.0 Å². The number of ether oxygens (including phenoxy) is 1.